The highest BCUT2D eigenvalue weighted by atomic mass is 16.6. The number of ether oxygens (including phenoxy) is 1. The molecule has 0 aromatic rings. The lowest BCUT2D eigenvalue weighted by molar-refractivity contribution is -0.159. The van der Waals surface area contributed by atoms with Crippen LogP contribution in [0.25, 0.3) is 0 Å². The van der Waals surface area contributed by atoms with Crippen LogP contribution in [0.1, 0.15) is 40.5 Å². The topological polar surface area (TPSA) is 41.6 Å². The summed E-state index contributed by atoms with van der Waals surface area (Å²) in [6, 6.07) is 0. The number of carbonyl (C=O) groups excluding carboxylic acids is 1. The highest BCUT2D eigenvalue weighted by Gasteiger charge is 2.21. The van der Waals surface area contributed by atoms with Crippen molar-refractivity contribution in [2.24, 2.45) is 5.92 Å². The summed E-state index contributed by atoms with van der Waals surface area (Å²) in [4.78, 5) is 14.2. The van der Waals surface area contributed by atoms with Gasteiger partial charge in [-0.05, 0) is 46.7 Å². The molecule has 1 atom stereocenters. The molecule has 106 valence electrons. The minimum absolute atomic E-state index is 0.0807. The van der Waals surface area contributed by atoms with Crippen molar-refractivity contribution >= 4 is 5.97 Å². The maximum atomic E-state index is 11.7. The largest absolute Gasteiger partial charge is 0.460 e. The molecule has 1 fully saturated rings. The molecule has 18 heavy (non-hydrogen) atoms. The maximum absolute atomic E-state index is 11.7. The Morgan fingerprint density at radius 3 is 2.50 bits per heavy atom. The van der Waals surface area contributed by atoms with E-state index in [0.717, 1.165) is 13.1 Å². The molecule has 1 saturated heterocycles. The highest BCUT2D eigenvalue weighted by molar-refractivity contribution is 5.72. The van der Waals surface area contributed by atoms with Crippen LogP contribution in [0.2, 0.25) is 0 Å². The van der Waals surface area contributed by atoms with Crippen molar-refractivity contribution in [1.29, 1.82) is 0 Å². The predicted molar refractivity (Wildman–Crippen MR) is 73.6 cm³/mol. The number of nitrogens with zero attached hydrogens (tertiary/aromatic N) is 1. The van der Waals surface area contributed by atoms with Gasteiger partial charge in [-0.3, -0.25) is 4.79 Å². The molecule has 0 bridgehead atoms. The molecule has 0 radical (unpaired) electrons. The normalized spacial score (nSPS) is 18.9. The molecular formula is C14H28N2O2. The van der Waals surface area contributed by atoms with E-state index in [1.807, 2.05) is 27.7 Å². The number of hydrogen-bond acceptors (Lipinski definition) is 4. The van der Waals surface area contributed by atoms with E-state index in [1.54, 1.807) is 0 Å². The van der Waals surface area contributed by atoms with E-state index in [2.05, 4.69) is 10.2 Å². The first-order valence-corrected chi connectivity index (χ1v) is 7.04. The van der Waals surface area contributed by atoms with Crippen molar-refractivity contribution in [2.45, 2.75) is 46.1 Å². The van der Waals surface area contributed by atoms with Crippen molar-refractivity contribution in [3.63, 3.8) is 0 Å². The summed E-state index contributed by atoms with van der Waals surface area (Å²) in [5.41, 5.74) is -0.388. The molecule has 0 aromatic carbocycles. The lowest BCUT2D eigenvalue weighted by atomic mass is 10.1. The third-order valence-electron chi connectivity index (χ3n) is 3.06. The van der Waals surface area contributed by atoms with Crippen LogP contribution in [0.5, 0.6) is 0 Å². The van der Waals surface area contributed by atoms with Gasteiger partial charge in [0.1, 0.15) is 5.60 Å². The Kier molecular flexibility index (Phi) is 6.09. The van der Waals surface area contributed by atoms with Gasteiger partial charge in [0.2, 0.25) is 0 Å². The number of nitrogens with one attached hydrogen (secondary N) is 1. The molecule has 0 aliphatic carbocycles. The first-order valence-electron chi connectivity index (χ1n) is 7.04. The van der Waals surface area contributed by atoms with Crippen LogP contribution in [0.15, 0.2) is 0 Å². The lowest BCUT2D eigenvalue weighted by Crippen LogP contribution is -2.36. The molecular weight excluding hydrogens is 228 g/mol. The van der Waals surface area contributed by atoms with Gasteiger partial charge in [-0.15, -0.1) is 0 Å². The van der Waals surface area contributed by atoms with Crippen molar-refractivity contribution in [1.82, 2.24) is 10.2 Å². The van der Waals surface area contributed by atoms with Crippen LogP contribution >= 0.6 is 0 Å². The van der Waals surface area contributed by atoms with E-state index >= 15 is 0 Å². The Hall–Kier alpha value is -0.610. The molecule has 0 amide bonds. The Morgan fingerprint density at radius 2 is 1.94 bits per heavy atom. The number of hydrogen-bond donors (Lipinski definition) is 1. The molecule has 4 heteroatoms. The quantitative estimate of drug-likeness (QED) is 0.579. The fourth-order valence-electron chi connectivity index (χ4n) is 2.05. The summed E-state index contributed by atoms with van der Waals surface area (Å²) in [7, 11) is 0. The average molecular weight is 256 g/mol. The molecule has 0 aromatic heterocycles. The van der Waals surface area contributed by atoms with Gasteiger partial charge in [-0.1, -0.05) is 6.92 Å². The van der Waals surface area contributed by atoms with Crippen LogP contribution in [0.3, 0.4) is 0 Å². The Morgan fingerprint density at radius 1 is 1.33 bits per heavy atom. The van der Waals surface area contributed by atoms with E-state index in [0.29, 0.717) is 6.54 Å². The minimum atomic E-state index is -0.388. The zero-order chi connectivity index (χ0) is 13.6. The van der Waals surface area contributed by atoms with Crippen LogP contribution in [-0.4, -0.2) is 49.2 Å². The fourth-order valence-corrected chi connectivity index (χ4v) is 2.05. The van der Waals surface area contributed by atoms with Gasteiger partial charge in [0.15, 0.2) is 0 Å². The van der Waals surface area contributed by atoms with Crippen LogP contribution < -0.4 is 5.32 Å². The van der Waals surface area contributed by atoms with E-state index in [-0.39, 0.29) is 17.5 Å². The van der Waals surface area contributed by atoms with Crippen LogP contribution in [0.4, 0.5) is 0 Å². The highest BCUT2D eigenvalue weighted by Crippen LogP contribution is 2.10. The molecule has 0 spiro atoms. The predicted octanol–water partition coefficient (Wildman–Crippen LogP) is 1.65. The monoisotopic (exact) mass is 256 g/mol. The van der Waals surface area contributed by atoms with Crippen LogP contribution in [-0.2, 0) is 9.53 Å². The van der Waals surface area contributed by atoms with Gasteiger partial charge in [0.05, 0.1) is 5.92 Å². The summed E-state index contributed by atoms with van der Waals surface area (Å²) in [6.07, 6.45) is 2.66. The summed E-state index contributed by atoms with van der Waals surface area (Å²) >= 11 is 0. The minimum Gasteiger partial charge on any atom is -0.460 e. The van der Waals surface area contributed by atoms with Crippen molar-refractivity contribution in [3.8, 4) is 0 Å². The summed E-state index contributed by atoms with van der Waals surface area (Å²) in [6.45, 7) is 12.8. The zero-order valence-electron chi connectivity index (χ0n) is 12.3. The van der Waals surface area contributed by atoms with Gasteiger partial charge in [0, 0.05) is 19.6 Å². The Balaban J connectivity index is 2.08. The zero-order valence-corrected chi connectivity index (χ0v) is 12.3. The Labute approximate surface area is 111 Å². The number of carbonyl (C=O) groups is 1. The standard InChI is InChI=1S/C14H28N2O2/c1-12(13(17)18-14(2,3)4)11-15-7-10-16-8-5-6-9-16/h12,15H,5-11H2,1-4H3/t12-/m1/s1. The second-order valence-corrected chi connectivity index (χ2v) is 6.19. The van der Waals surface area contributed by atoms with Crippen LogP contribution in [0, 0.1) is 5.92 Å². The number of esters is 1. The molecule has 1 N–H and O–H groups in total. The van der Waals surface area contributed by atoms with E-state index in [9.17, 15) is 4.79 Å². The molecule has 4 nitrogen and oxygen atoms in total. The summed E-state index contributed by atoms with van der Waals surface area (Å²) in [5, 5.41) is 3.34. The molecule has 1 heterocycles. The molecule has 1 rings (SSSR count). The maximum Gasteiger partial charge on any atom is 0.310 e. The van der Waals surface area contributed by atoms with Crippen molar-refractivity contribution in [3.05, 3.63) is 0 Å². The van der Waals surface area contributed by atoms with Gasteiger partial charge in [0.25, 0.3) is 0 Å². The number of rotatable bonds is 6. The first-order chi connectivity index (χ1) is 8.38. The fraction of sp³-hybridized carbons (Fsp3) is 0.929. The van der Waals surface area contributed by atoms with E-state index in [4.69, 9.17) is 4.74 Å². The third-order valence-corrected chi connectivity index (χ3v) is 3.06. The van der Waals surface area contributed by atoms with Gasteiger partial charge >= 0.3 is 5.97 Å². The van der Waals surface area contributed by atoms with E-state index in [1.165, 1.54) is 25.9 Å². The number of likely N-dealkylation sites (tertiary alicyclic amines) is 1. The average Bonchev–Trinajstić information content (AvgIpc) is 2.74. The van der Waals surface area contributed by atoms with Crippen molar-refractivity contribution in [2.75, 3.05) is 32.7 Å². The summed E-state index contributed by atoms with van der Waals surface area (Å²) in [5.74, 6) is -0.195. The molecule has 0 unspecified atom stereocenters. The smallest absolute Gasteiger partial charge is 0.310 e. The second-order valence-electron chi connectivity index (χ2n) is 6.19. The van der Waals surface area contributed by atoms with Gasteiger partial charge in [-0.2, -0.15) is 0 Å². The van der Waals surface area contributed by atoms with Crippen molar-refractivity contribution < 1.29 is 9.53 Å². The third kappa shape index (κ3) is 6.36. The van der Waals surface area contributed by atoms with Gasteiger partial charge < -0.3 is 15.0 Å². The molecule has 1 aliphatic rings. The lowest BCUT2D eigenvalue weighted by Gasteiger charge is -2.22. The van der Waals surface area contributed by atoms with Gasteiger partial charge in [-0.25, -0.2) is 0 Å². The Bertz CT molecular complexity index is 255. The summed E-state index contributed by atoms with van der Waals surface area (Å²) < 4.78 is 5.34. The molecule has 1 aliphatic heterocycles. The second kappa shape index (κ2) is 7.10. The first kappa shape index (κ1) is 15.4. The van der Waals surface area contributed by atoms with E-state index < -0.39 is 0 Å². The SMILES string of the molecule is C[C@H](CNCCN1CCCC1)C(=O)OC(C)(C)C. The molecule has 0 saturated carbocycles.